The van der Waals surface area contributed by atoms with Gasteiger partial charge in [0.05, 0.1) is 37.3 Å². The van der Waals surface area contributed by atoms with Crippen molar-refractivity contribution in [2.75, 3.05) is 7.11 Å². The summed E-state index contributed by atoms with van der Waals surface area (Å²) < 4.78 is 29.8. The first-order chi connectivity index (χ1) is 20.7. The monoisotopic (exact) mass is 612 g/mol. The Morgan fingerprint density at radius 1 is 1.14 bits per heavy atom. The van der Waals surface area contributed by atoms with Gasteiger partial charge in [0.2, 0.25) is 0 Å². The van der Waals surface area contributed by atoms with Gasteiger partial charge in [0, 0.05) is 48.0 Å². The van der Waals surface area contributed by atoms with E-state index in [0.29, 0.717) is 18.3 Å². The van der Waals surface area contributed by atoms with E-state index in [1.807, 2.05) is 19.9 Å². The van der Waals surface area contributed by atoms with E-state index in [1.165, 1.54) is 14.0 Å². The molecule has 3 fully saturated rings. The van der Waals surface area contributed by atoms with Crippen molar-refractivity contribution < 1.29 is 47.6 Å². The third kappa shape index (κ3) is 4.50. The van der Waals surface area contributed by atoms with Crippen LogP contribution in [0.5, 0.6) is 0 Å². The number of carbonyl (C=O) groups excluding carboxylic acids is 4. The van der Waals surface area contributed by atoms with Crippen LogP contribution in [0.2, 0.25) is 0 Å². The van der Waals surface area contributed by atoms with E-state index in [2.05, 4.69) is 6.92 Å². The van der Waals surface area contributed by atoms with Crippen LogP contribution in [0.4, 0.5) is 0 Å². The largest absolute Gasteiger partial charge is 0.472 e. The van der Waals surface area contributed by atoms with Gasteiger partial charge in [-0.1, -0.05) is 25.5 Å². The third-order valence-corrected chi connectivity index (χ3v) is 11.6. The lowest BCUT2D eigenvalue weighted by atomic mass is 9.39. The first-order valence-corrected chi connectivity index (χ1v) is 15.3. The van der Waals surface area contributed by atoms with E-state index in [0.717, 1.165) is 16.7 Å². The highest BCUT2D eigenvalue weighted by molar-refractivity contribution is 5.87. The van der Waals surface area contributed by atoms with Gasteiger partial charge in [-0.15, -0.1) is 0 Å². The SMILES string of the molecule is C/C=C(\C)C(=O)O[C@H]1C[C@@H](O)[C@@](C)(C=O)[C@@H]2[C@@H](OC(C)=O)[C@H]3O[C@@H]4C[C@@H](c5ccoc5)C(C)=C4[C@@]3(C)[C@@H](CC(=O)OC)[C@@]12C. The lowest BCUT2D eigenvalue weighted by Crippen LogP contribution is -2.73. The molecule has 0 aromatic carbocycles. The van der Waals surface area contributed by atoms with Crippen LogP contribution in [0, 0.1) is 28.1 Å². The molecule has 1 aliphatic heterocycles. The molecule has 1 saturated heterocycles. The summed E-state index contributed by atoms with van der Waals surface area (Å²) in [6.45, 7) is 12.3. The molecule has 0 unspecified atom stereocenters. The number of allylic oxidation sites excluding steroid dienone is 2. The van der Waals surface area contributed by atoms with Crippen LogP contribution in [0.3, 0.4) is 0 Å². The van der Waals surface area contributed by atoms with Crippen molar-refractivity contribution in [2.24, 2.45) is 28.1 Å². The molecular weight excluding hydrogens is 568 g/mol. The maximum Gasteiger partial charge on any atom is 0.333 e. The summed E-state index contributed by atoms with van der Waals surface area (Å²) in [5, 5.41) is 11.5. The topological polar surface area (TPSA) is 139 Å². The predicted octanol–water partition coefficient (Wildman–Crippen LogP) is 4.45. The Morgan fingerprint density at radius 2 is 1.84 bits per heavy atom. The molecule has 2 saturated carbocycles. The fourth-order valence-electron chi connectivity index (χ4n) is 9.41. The van der Waals surface area contributed by atoms with Crippen LogP contribution in [0.25, 0.3) is 0 Å². The van der Waals surface area contributed by atoms with Crippen molar-refractivity contribution >= 4 is 24.2 Å². The number of rotatable bonds is 7. The number of carbonyl (C=O) groups is 4. The molecule has 240 valence electrons. The van der Waals surface area contributed by atoms with Gasteiger partial charge in [0.25, 0.3) is 0 Å². The fraction of sp³-hybridized carbons (Fsp3) is 0.647. The molecule has 4 aliphatic rings. The van der Waals surface area contributed by atoms with Gasteiger partial charge in [0.1, 0.15) is 24.6 Å². The average Bonchev–Trinajstić information content (AvgIpc) is 3.69. The Morgan fingerprint density at radius 3 is 2.41 bits per heavy atom. The first kappa shape index (κ1) is 32.2. The first-order valence-electron chi connectivity index (χ1n) is 15.3. The zero-order chi connectivity index (χ0) is 32.4. The maximum atomic E-state index is 13.3. The van der Waals surface area contributed by atoms with E-state index in [1.54, 1.807) is 39.4 Å². The van der Waals surface area contributed by atoms with Crippen molar-refractivity contribution in [2.45, 2.75) is 104 Å². The van der Waals surface area contributed by atoms with Crippen molar-refractivity contribution in [3.63, 3.8) is 0 Å². The highest BCUT2D eigenvalue weighted by atomic mass is 16.6. The Labute approximate surface area is 258 Å². The summed E-state index contributed by atoms with van der Waals surface area (Å²) >= 11 is 0. The van der Waals surface area contributed by atoms with Crippen LogP contribution in [0.1, 0.15) is 79.2 Å². The predicted molar refractivity (Wildman–Crippen MR) is 157 cm³/mol. The zero-order valence-corrected chi connectivity index (χ0v) is 26.7. The normalized spacial score (nSPS) is 41.3. The Balaban J connectivity index is 1.79. The third-order valence-electron chi connectivity index (χ3n) is 11.6. The lowest BCUT2D eigenvalue weighted by Gasteiger charge is -2.66. The minimum Gasteiger partial charge on any atom is -0.472 e. The number of ether oxygens (including phenoxy) is 4. The number of methoxy groups -OCH3 is 1. The van der Waals surface area contributed by atoms with Gasteiger partial charge in [-0.2, -0.15) is 0 Å². The molecule has 3 aliphatic carbocycles. The number of aliphatic hydroxyl groups is 1. The summed E-state index contributed by atoms with van der Waals surface area (Å²) in [5.41, 5.74) is -0.00747. The molecule has 11 atom stereocenters. The van der Waals surface area contributed by atoms with Crippen LogP contribution < -0.4 is 0 Å². The van der Waals surface area contributed by atoms with Crippen LogP contribution >= 0.6 is 0 Å². The van der Waals surface area contributed by atoms with Gasteiger partial charge < -0.3 is 33.3 Å². The van der Waals surface area contributed by atoms with Crippen molar-refractivity contribution in [3.8, 4) is 0 Å². The molecular formula is C34H44O10. The number of aldehydes is 1. The molecule has 0 radical (unpaired) electrons. The summed E-state index contributed by atoms with van der Waals surface area (Å²) in [4.78, 5) is 52.3. The molecule has 1 aromatic heterocycles. The van der Waals surface area contributed by atoms with Gasteiger partial charge >= 0.3 is 17.9 Å². The Bertz CT molecular complexity index is 1390. The Kier molecular flexibility index (Phi) is 8.25. The average molecular weight is 613 g/mol. The summed E-state index contributed by atoms with van der Waals surface area (Å²) in [6.07, 6.45) is 1.94. The van der Waals surface area contributed by atoms with E-state index in [-0.39, 0.29) is 24.9 Å². The van der Waals surface area contributed by atoms with Crippen molar-refractivity contribution in [1.29, 1.82) is 0 Å². The van der Waals surface area contributed by atoms with E-state index in [4.69, 9.17) is 23.4 Å². The number of hydrogen-bond acceptors (Lipinski definition) is 10. The molecule has 1 N–H and O–H groups in total. The van der Waals surface area contributed by atoms with Gasteiger partial charge in [-0.05, 0) is 57.2 Å². The number of fused-ring (bicyclic) bond motifs is 4. The van der Waals surface area contributed by atoms with E-state index < -0.39 is 70.4 Å². The smallest absolute Gasteiger partial charge is 0.333 e. The highest BCUT2D eigenvalue weighted by Gasteiger charge is 2.76. The highest BCUT2D eigenvalue weighted by Crippen LogP contribution is 2.72. The van der Waals surface area contributed by atoms with Crippen LogP contribution in [0.15, 0.2) is 45.8 Å². The van der Waals surface area contributed by atoms with Gasteiger partial charge in [0.15, 0.2) is 0 Å². The molecule has 5 rings (SSSR count). The van der Waals surface area contributed by atoms with Crippen LogP contribution in [-0.2, 0) is 38.1 Å². The number of aliphatic hydroxyl groups excluding tert-OH is 1. The Hall–Kier alpha value is -3.24. The van der Waals surface area contributed by atoms with Gasteiger partial charge in [-0.3, -0.25) is 9.59 Å². The quantitative estimate of drug-likeness (QED) is 0.154. The molecule has 44 heavy (non-hydrogen) atoms. The number of esters is 3. The molecule has 1 aromatic rings. The zero-order valence-electron chi connectivity index (χ0n) is 26.7. The van der Waals surface area contributed by atoms with Crippen LogP contribution in [-0.4, -0.2) is 66.9 Å². The minimum atomic E-state index is -1.42. The standard InChI is InChI=1S/C34H44O10/c1-9-17(2)31(39)44-25-14-24(37)32(5,16-35)29-28(42-19(4)36)30-34(7,23(33(25,29)6)13-26(38)40-8)27-18(3)21(12-22(27)43-30)20-10-11-41-15-20/h9-11,15-16,21-25,28-30,37H,12-14H2,1-8H3/b17-9+/t21-,22-,23+,24-,25+,28-,29+,30-,32-,33+,34-/m1/s1. The van der Waals surface area contributed by atoms with E-state index in [9.17, 15) is 24.3 Å². The maximum absolute atomic E-state index is 13.3. The molecule has 2 heterocycles. The van der Waals surface area contributed by atoms with Crippen molar-refractivity contribution in [1.82, 2.24) is 0 Å². The summed E-state index contributed by atoms with van der Waals surface area (Å²) in [7, 11) is 1.32. The lowest BCUT2D eigenvalue weighted by molar-refractivity contribution is -0.279. The molecule has 0 bridgehead atoms. The number of furan rings is 1. The molecule has 10 nitrogen and oxygen atoms in total. The second kappa shape index (κ2) is 11.3. The number of hydrogen-bond donors (Lipinski definition) is 1. The molecule has 10 heteroatoms. The second-order valence-corrected chi connectivity index (χ2v) is 13.6. The summed E-state index contributed by atoms with van der Waals surface area (Å²) in [5.74, 6) is -3.06. The minimum absolute atomic E-state index is 0.0161. The summed E-state index contributed by atoms with van der Waals surface area (Å²) in [6, 6.07) is 1.93. The molecule has 0 spiro atoms. The van der Waals surface area contributed by atoms with E-state index >= 15 is 0 Å². The molecule has 0 amide bonds. The van der Waals surface area contributed by atoms with Gasteiger partial charge in [-0.25, -0.2) is 4.79 Å². The van der Waals surface area contributed by atoms with Crippen molar-refractivity contribution in [3.05, 3.63) is 47.0 Å². The fourth-order valence-corrected chi connectivity index (χ4v) is 9.41. The second-order valence-electron chi connectivity index (χ2n) is 13.6.